The van der Waals surface area contributed by atoms with Crippen molar-refractivity contribution in [2.24, 2.45) is 5.73 Å². The molecule has 0 spiro atoms. The SMILES string of the molecule is Cc1nn2c(C3CCCN(Cc4ccc(Cl)cc4)C3)ccnc2c1-c1ccc(C(N)=O)cc1. The van der Waals surface area contributed by atoms with Crippen LogP contribution in [0.2, 0.25) is 5.02 Å². The molecule has 7 heteroatoms. The van der Waals surface area contributed by atoms with Gasteiger partial charge in [0.05, 0.1) is 11.4 Å². The van der Waals surface area contributed by atoms with E-state index in [0.29, 0.717) is 11.5 Å². The maximum Gasteiger partial charge on any atom is 0.248 e. The van der Waals surface area contributed by atoms with E-state index in [2.05, 4.69) is 28.1 Å². The molecule has 1 aliphatic heterocycles. The van der Waals surface area contributed by atoms with Crippen molar-refractivity contribution in [1.82, 2.24) is 19.5 Å². The van der Waals surface area contributed by atoms with Gasteiger partial charge in [-0.2, -0.15) is 5.10 Å². The average Bonchev–Trinajstić information content (AvgIpc) is 3.16. The van der Waals surface area contributed by atoms with Gasteiger partial charge >= 0.3 is 0 Å². The fourth-order valence-electron chi connectivity index (χ4n) is 4.81. The molecule has 168 valence electrons. The maximum atomic E-state index is 11.4. The molecule has 6 nitrogen and oxygen atoms in total. The lowest BCUT2D eigenvalue weighted by Crippen LogP contribution is -2.34. The van der Waals surface area contributed by atoms with Gasteiger partial charge in [-0.15, -0.1) is 0 Å². The number of hydrogen-bond acceptors (Lipinski definition) is 4. The Morgan fingerprint density at radius 3 is 2.61 bits per heavy atom. The highest BCUT2D eigenvalue weighted by Crippen LogP contribution is 2.32. The molecular formula is C26H26ClN5O. The summed E-state index contributed by atoms with van der Waals surface area (Å²) in [5.41, 5.74) is 12.1. The standard InChI is InChI=1S/C26H26ClN5O/c1-17-24(19-6-8-20(9-7-19)25(28)33)26-29-13-12-23(32(26)30-17)21-3-2-14-31(16-21)15-18-4-10-22(27)11-5-18/h4-13,21H,2-3,14-16H2,1H3,(H2,28,33). The number of piperidine rings is 1. The van der Waals surface area contributed by atoms with E-state index in [9.17, 15) is 4.79 Å². The third kappa shape index (κ3) is 4.36. The van der Waals surface area contributed by atoms with Crippen LogP contribution in [0.15, 0.2) is 60.8 Å². The lowest BCUT2D eigenvalue weighted by atomic mass is 9.94. The zero-order chi connectivity index (χ0) is 22.9. The first-order chi connectivity index (χ1) is 16.0. The Balaban J connectivity index is 1.44. The van der Waals surface area contributed by atoms with E-state index >= 15 is 0 Å². The number of nitrogens with two attached hydrogens (primary N) is 1. The van der Waals surface area contributed by atoms with E-state index in [4.69, 9.17) is 22.4 Å². The number of primary amides is 1. The third-order valence-electron chi connectivity index (χ3n) is 6.42. The summed E-state index contributed by atoms with van der Waals surface area (Å²) >= 11 is 6.04. The van der Waals surface area contributed by atoms with Gasteiger partial charge in [0.1, 0.15) is 0 Å². The summed E-state index contributed by atoms with van der Waals surface area (Å²) in [7, 11) is 0. The summed E-state index contributed by atoms with van der Waals surface area (Å²) in [6, 6.07) is 17.5. The summed E-state index contributed by atoms with van der Waals surface area (Å²) < 4.78 is 2.00. The number of benzene rings is 2. The number of halogens is 1. The smallest absolute Gasteiger partial charge is 0.248 e. The minimum absolute atomic E-state index is 0.376. The first-order valence-corrected chi connectivity index (χ1v) is 11.6. The molecule has 33 heavy (non-hydrogen) atoms. The van der Waals surface area contributed by atoms with Crippen LogP contribution in [0.25, 0.3) is 16.8 Å². The van der Waals surface area contributed by atoms with Crippen LogP contribution in [0, 0.1) is 6.92 Å². The molecule has 1 fully saturated rings. The molecule has 0 bridgehead atoms. The van der Waals surface area contributed by atoms with E-state index in [1.54, 1.807) is 12.1 Å². The van der Waals surface area contributed by atoms with Gasteiger partial charge in [0.15, 0.2) is 5.65 Å². The first-order valence-electron chi connectivity index (χ1n) is 11.2. The van der Waals surface area contributed by atoms with Gasteiger partial charge in [0.2, 0.25) is 5.91 Å². The molecule has 0 radical (unpaired) electrons. The molecule has 2 aromatic heterocycles. The van der Waals surface area contributed by atoms with E-state index in [-0.39, 0.29) is 0 Å². The number of carbonyl (C=O) groups excluding carboxylic acids is 1. The second-order valence-electron chi connectivity index (χ2n) is 8.71. The molecule has 1 unspecified atom stereocenters. The van der Waals surface area contributed by atoms with Crippen molar-refractivity contribution in [2.75, 3.05) is 13.1 Å². The first kappa shape index (κ1) is 21.6. The van der Waals surface area contributed by atoms with Crippen LogP contribution < -0.4 is 5.73 Å². The lowest BCUT2D eigenvalue weighted by molar-refractivity contribution is 0.100. The van der Waals surface area contributed by atoms with Gasteiger partial charge in [-0.25, -0.2) is 9.50 Å². The number of rotatable bonds is 5. The van der Waals surface area contributed by atoms with Gasteiger partial charge in [-0.1, -0.05) is 35.9 Å². The Morgan fingerprint density at radius 2 is 1.88 bits per heavy atom. The number of hydrogen-bond donors (Lipinski definition) is 1. The highest BCUT2D eigenvalue weighted by molar-refractivity contribution is 6.30. The number of amides is 1. The molecule has 5 rings (SSSR count). The van der Waals surface area contributed by atoms with Crippen molar-refractivity contribution >= 4 is 23.2 Å². The predicted molar refractivity (Wildman–Crippen MR) is 130 cm³/mol. The van der Waals surface area contributed by atoms with Crippen molar-refractivity contribution < 1.29 is 4.79 Å². The van der Waals surface area contributed by atoms with E-state index in [1.165, 1.54) is 11.3 Å². The van der Waals surface area contributed by atoms with Crippen molar-refractivity contribution in [1.29, 1.82) is 0 Å². The number of likely N-dealkylation sites (tertiary alicyclic amines) is 1. The third-order valence-corrected chi connectivity index (χ3v) is 6.68. The van der Waals surface area contributed by atoms with Crippen LogP contribution >= 0.6 is 11.6 Å². The van der Waals surface area contributed by atoms with Gasteiger partial charge < -0.3 is 5.73 Å². The molecule has 2 aromatic carbocycles. The molecule has 1 saturated heterocycles. The second kappa shape index (κ2) is 8.96. The summed E-state index contributed by atoms with van der Waals surface area (Å²) in [6.07, 6.45) is 4.15. The molecule has 1 amide bonds. The minimum Gasteiger partial charge on any atom is -0.366 e. The van der Waals surface area contributed by atoms with Crippen LogP contribution in [0.4, 0.5) is 0 Å². The predicted octanol–water partition coefficient (Wildman–Crippen LogP) is 4.84. The Labute approximate surface area is 198 Å². The minimum atomic E-state index is -0.431. The Hall–Kier alpha value is -3.22. The molecule has 0 saturated carbocycles. The summed E-state index contributed by atoms with van der Waals surface area (Å²) in [5.74, 6) is -0.0556. The number of carbonyl (C=O) groups is 1. The van der Waals surface area contributed by atoms with Crippen molar-refractivity contribution in [2.45, 2.75) is 32.2 Å². The highest BCUT2D eigenvalue weighted by atomic mass is 35.5. The Bertz CT molecular complexity index is 1300. The van der Waals surface area contributed by atoms with Crippen LogP contribution in [0.1, 0.15) is 46.1 Å². The number of aromatic nitrogens is 3. The van der Waals surface area contributed by atoms with E-state index in [1.807, 2.05) is 41.9 Å². The lowest BCUT2D eigenvalue weighted by Gasteiger charge is -2.33. The topological polar surface area (TPSA) is 76.5 Å². The summed E-state index contributed by atoms with van der Waals surface area (Å²) in [4.78, 5) is 18.6. The molecule has 0 aliphatic carbocycles. The Kier molecular flexibility index (Phi) is 5.87. The van der Waals surface area contributed by atoms with Gasteiger partial charge in [0, 0.05) is 41.4 Å². The van der Waals surface area contributed by atoms with E-state index < -0.39 is 5.91 Å². The quantitative estimate of drug-likeness (QED) is 0.463. The van der Waals surface area contributed by atoms with Crippen molar-refractivity contribution in [3.63, 3.8) is 0 Å². The summed E-state index contributed by atoms with van der Waals surface area (Å²) in [5, 5.41) is 5.64. The van der Waals surface area contributed by atoms with Crippen LogP contribution in [-0.2, 0) is 6.54 Å². The van der Waals surface area contributed by atoms with Gasteiger partial charge in [0.25, 0.3) is 0 Å². The second-order valence-corrected chi connectivity index (χ2v) is 9.14. The molecule has 2 N–H and O–H groups in total. The zero-order valence-corrected chi connectivity index (χ0v) is 19.3. The van der Waals surface area contributed by atoms with Crippen LogP contribution in [-0.4, -0.2) is 38.5 Å². The van der Waals surface area contributed by atoms with E-state index in [0.717, 1.165) is 60.0 Å². The number of aryl methyl sites for hydroxylation is 1. The monoisotopic (exact) mass is 459 g/mol. The van der Waals surface area contributed by atoms with Gasteiger partial charge in [-0.3, -0.25) is 9.69 Å². The number of fused-ring (bicyclic) bond motifs is 1. The Morgan fingerprint density at radius 1 is 1.12 bits per heavy atom. The number of nitrogens with zero attached hydrogens (tertiary/aromatic N) is 4. The zero-order valence-electron chi connectivity index (χ0n) is 18.5. The summed E-state index contributed by atoms with van der Waals surface area (Å²) in [6.45, 7) is 4.98. The average molecular weight is 460 g/mol. The molecule has 3 heterocycles. The fourth-order valence-corrected chi connectivity index (χ4v) is 4.93. The van der Waals surface area contributed by atoms with Crippen molar-refractivity contribution in [3.05, 3.63) is 88.3 Å². The highest BCUT2D eigenvalue weighted by Gasteiger charge is 2.25. The van der Waals surface area contributed by atoms with Crippen LogP contribution in [0.3, 0.4) is 0 Å². The fraction of sp³-hybridized carbons (Fsp3) is 0.269. The van der Waals surface area contributed by atoms with Crippen molar-refractivity contribution in [3.8, 4) is 11.1 Å². The van der Waals surface area contributed by atoms with Crippen LogP contribution in [0.5, 0.6) is 0 Å². The molecular weight excluding hydrogens is 434 g/mol. The maximum absolute atomic E-state index is 11.4. The van der Waals surface area contributed by atoms with Gasteiger partial charge in [-0.05, 0) is 67.8 Å². The molecule has 1 atom stereocenters. The molecule has 4 aromatic rings. The largest absolute Gasteiger partial charge is 0.366 e. The molecule has 1 aliphatic rings. The normalized spacial score (nSPS) is 16.8.